The van der Waals surface area contributed by atoms with Crippen molar-refractivity contribution >= 4 is 27.3 Å². The number of halogens is 4. The maximum absolute atomic E-state index is 13.1. The Morgan fingerprint density at radius 2 is 1.89 bits per heavy atom. The minimum atomic E-state index is -4.65. The molecule has 3 aromatic rings. The van der Waals surface area contributed by atoms with Crippen LogP contribution >= 0.6 is 11.6 Å². The van der Waals surface area contributed by atoms with Crippen molar-refractivity contribution in [2.24, 2.45) is 0 Å². The topological polar surface area (TPSA) is 85.6 Å². The molecule has 0 fully saturated rings. The highest BCUT2D eigenvalue weighted by Crippen LogP contribution is 2.33. The number of hydrogen-bond acceptors (Lipinski definition) is 5. The largest absolute Gasteiger partial charge is 0.497 e. The molecule has 0 aliphatic carbocycles. The average Bonchev–Trinajstić information content (AvgIpc) is 3.03. The number of aromatic nitrogens is 3. The summed E-state index contributed by atoms with van der Waals surface area (Å²) in [6.07, 6.45) is -3.39. The third-order valence-corrected chi connectivity index (χ3v) is 5.54. The fourth-order valence-electron chi connectivity index (χ4n) is 2.52. The van der Waals surface area contributed by atoms with Gasteiger partial charge in [0.1, 0.15) is 17.1 Å². The van der Waals surface area contributed by atoms with E-state index in [1.807, 2.05) is 0 Å². The molecule has 12 heteroatoms. The van der Waals surface area contributed by atoms with Crippen LogP contribution in [-0.2, 0) is 22.6 Å². The molecule has 0 bridgehead atoms. The van der Waals surface area contributed by atoms with Crippen molar-refractivity contribution in [1.82, 2.24) is 19.3 Å². The summed E-state index contributed by atoms with van der Waals surface area (Å²) in [5, 5.41) is 7.15. The molecule has 7 nitrogen and oxygen atoms in total. The normalized spacial score (nSPS) is 12.5. The van der Waals surface area contributed by atoms with Gasteiger partial charge in [-0.3, -0.25) is 4.40 Å². The molecule has 0 amide bonds. The summed E-state index contributed by atoms with van der Waals surface area (Å²) in [7, 11) is -2.34. The van der Waals surface area contributed by atoms with E-state index in [9.17, 15) is 21.6 Å². The number of fused-ring (bicyclic) bond motifs is 1. The SMILES string of the molecule is COc1ccc(S(=O)(=O)NCCc2nnc3c(C(F)(F)F)cc(Cl)cn23)cc1. The smallest absolute Gasteiger partial charge is 0.420 e. The van der Waals surface area contributed by atoms with Crippen molar-refractivity contribution in [1.29, 1.82) is 0 Å². The molecule has 1 N–H and O–H groups in total. The minimum absolute atomic E-state index is 0.00813. The first kappa shape index (κ1) is 20.4. The van der Waals surface area contributed by atoms with E-state index in [0.29, 0.717) is 5.75 Å². The van der Waals surface area contributed by atoms with Crippen LogP contribution in [0.15, 0.2) is 41.4 Å². The molecule has 3 rings (SSSR count). The monoisotopic (exact) mass is 434 g/mol. The Morgan fingerprint density at radius 1 is 1.21 bits per heavy atom. The summed E-state index contributed by atoms with van der Waals surface area (Å²) in [6.45, 7) is -0.0942. The molecule has 2 aromatic heterocycles. The van der Waals surface area contributed by atoms with Crippen molar-refractivity contribution < 1.29 is 26.3 Å². The lowest BCUT2D eigenvalue weighted by Gasteiger charge is -2.09. The molecule has 2 heterocycles. The standard InChI is InChI=1S/C16H14ClF3N4O3S/c1-27-11-2-4-12(5-3-11)28(25,26)21-7-6-14-22-23-15-13(16(18,19)20)8-10(17)9-24(14)15/h2-5,8-9,21H,6-7H2,1H3. The highest BCUT2D eigenvalue weighted by molar-refractivity contribution is 7.89. The van der Waals surface area contributed by atoms with Gasteiger partial charge in [-0.05, 0) is 30.3 Å². The number of sulfonamides is 1. The molecule has 150 valence electrons. The summed E-state index contributed by atoms with van der Waals surface area (Å²) in [4.78, 5) is 0.0294. The Morgan fingerprint density at radius 3 is 2.50 bits per heavy atom. The van der Waals surface area contributed by atoms with E-state index >= 15 is 0 Å². The van der Waals surface area contributed by atoms with Crippen molar-refractivity contribution in [2.45, 2.75) is 17.5 Å². The second-order valence-corrected chi connectivity index (χ2v) is 7.91. The molecule has 28 heavy (non-hydrogen) atoms. The summed E-state index contributed by atoms with van der Waals surface area (Å²) in [5.74, 6) is 0.645. The van der Waals surface area contributed by atoms with Crippen LogP contribution in [0.2, 0.25) is 5.02 Å². The quantitative estimate of drug-likeness (QED) is 0.644. The van der Waals surface area contributed by atoms with E-state index in [4.69, 9.17) is 16.3 Å². The highest BCUT2D eigenvalue weighted by Gasteiger charge is 2.35. The lowest BCUT2D eigenvalue weighted by Crippen LogP contribution is -2.26. The number of ether oxygens (including phenoxy) is 1. The number of nitrogens with one attached hydrogen (secondary N) is 1. The molecule has 0 saturated heterocycles. The summed E-state index contributed by atoms with van der Waals surface area (Å²) < 4.78 is 72.4. The molecule has 0 saturated carbocycles. The fourth-order valence-corrected chi connectivity index (χ4v) is 3.76. The Balaban J connectivity index is 1.78. The van der Waals surface area contributed by atoms with E-state index in [1.54, 1.807) is 0 Å². The predicted octanol–water partition coefficient (Wildman–Crippen LogP) is 2.93. The third-order valence-electron chi connectivity index (χ3n) is 3.86. The van der Waals surface area contributed by atoms with Gasteiger partial charge in [-0.15, -0.1) is 10.2 Å². The van der Waals surface area contributed by atoms with Crippen molar-refractivity contribution in [3.05, 3.63) is 52.9 Å². The van der Waals surface area contributed by atoms with Gasteiger partial charge in [-0.25, -0.2) is 13.1 Å². The second-order valence-electron chi connectivity index (χ2n) is 5.70. The van der Waals surface area contributed by atoms with Gasteiger partial charge in [-0.2, -0.15) is 13.2 Å². The average molecular weight is 435 g/mol. The van der Waals surface area contributed by atoms with E-state index in [1.165, 1.54) is 37.6 Å². The lowest BCUT2D eigenvalue weighted by atomic mass is 10.2. The fraction of sp³-hybridized carbons (Fsp3) is 0.250. The maximum Gasteiger partial charge on any atom is 0.420 e. The van der Waals surface area contributed by atoms with Crippen molar-refractivity contribution in [3.63, 3.8) is 0 Å². The van der Waals surface area contributed by atoms with Gasteiger partial charge in [0.25, 0.3) is 0 Å². The number of hydrogen-bond donors (Lipinski definition) is 1. The van der Waals surface area contributed by atoms with Crippen molar-refractivity contribution in [3.8, 4) is 5.75 Å². The first-order valence-corrected chi connectivity index (χ1v) is 9.72. The number of benzene rings is 1. The molecule has 1 aromatic carbocycles. The van der Waals surface area contributed by atoms with E-state index < -0.39 is 27.4 Å². The van der Waals surface area contributed by atoms with Crippen LogP contribution in [0.5, 0.6) is 5.75 Å². The van der Waals surface area contributed by atoms with Crippen LogP contribution in [0.1, 0.15) is 11.4 Å². The van der Waals surface area contributed by atoms with E-state index in [-0.39, 0.29) is 28.7 Å². The summed E-state index contributed by atoms with van der Waals surface area (Å²) >= 11 is 5.77. The van der Waals surface area contributed by atoms with Crippen LogP contribution in [0.25, 0.3) is 5.65 Å². The molecule has 0 aliphatic rings. The lowest BCUT2D eigenvalue weighted by molar-refractivity contribution is -0.136. The molecule has 0 aliphatic heterocycles. The number of pyridine rings is 1. The van der Waals surface area contributed by atoms with Gasteiger partial charge in [-0.1, -0.05) is 11.6 Å². The van der Waals surface area contributed by atoms with Gasteiger partial charge in [0.2, 0.25) is 10.0 Å². The molecule has 0 atom stereocenters. The zero-order valence-corrected chi connectivity index (χ0v) is 15.9. The third kappa shape index (κ3) is 4.21. The Bertz CT molecular complexity index is 1100. The predicted molar refractivity (Wildman–Crippen MR) is 94.9 cm³/mol. The maximum atomic E-state index is 13.1. The zero-order valence-electron chi connectivity index (χ0n) is 14.4. The molecule has 0 spiro atoms. The second kappa shape index (κ2) is 7.57. The Kier molecular flexibility index (Phi) is 5.50. The van der Waals surface area contributed by atoms with Crippen LogP contribution < -0.4 is 9.46 Å². The van der Waals surface area contributed by atoms with E-state index in [2.05, 4.69) is 14.9 Å². The zero-order chi connectivity index (χ0) is 20.5. The van der Waals surface area contributed by atoms with Crippen LogP contribution in [0.4, 0.5) is 13.2 Å². The van der Waals surface area contributed by atoms with Crippen molar-refractivity contribution in [2.75, 3.05) is 13.7 Å². The molecule has 0 unspecified atom stereocenters. The number of rotatable bonds is 6. The summed E-state index contributed by atoms with van der Waals surface area (Å²) in [5.41, 5.74) is -1.41. The molecular formula is C16H14ClF3N4O3S. The van der Waals surface area contributed by atoms with Gasteiger partial charge in [0.15, 0.2) is 5.65 Å². The Labute approximate surface area is 163 Å². The van der Waals surface area contributed by atoms with Gasteiger partial charge in [0, 0.05) is 19.2 Å². The Hall–Kier alpha value is -2.37. The number of nitrogens with zero attached hydrogens (tertiary/aromatic N) is 3. The minimum Gasteiger partial charge on any atom is -0.497 e. The number of methoxy groups -OCH3 is 1. The van der Waals surface area contributed by atoms with E-state index in [0.717, 1.165) is 10.5 Å². The first-order chi connectivity index (χ1) is 13.1. The number of alkyl halides is 3. The van der Waals surface area contributed by atoms with Gasteiger partial charge < -0.3 is 4.74 Å². The van der Waals surface area contributed by atoms with Gasteiger partial charge >= 0.3 is 6.18 Å². The first-order valence-electron chi connectivity index (χ1n) is 7.86. The van der Waals surface area contributed by atoms with Crippen LogP contribution in [0, 0.1) is 0 Å². The highest BCUT2D eigenvalue weighted by atomic mass is 35.5. The van der Waals surface area contributed by atoms with Gasteiger partial charge in [0.05, 0.1) is 17.0 Å². The summed E-state index contributed by atoms with van der Waals surface area (Å²) in [6, 6.07) is 6.52. The van der Waals surface area contributed by atoms with Crippen LogP contribution in [0.3, 0.4) is 0 Å². The van der Waals surface area contributed by atoms with Crippen LogP contribution in [-0.4, -0.2) is 36.7 Å². The molecular weight excluding hydrogens is 421 g/mol. The molecule has 0 radical (unpaired) electrons.